The third kappa shape index (κ3) is 5.54. The van der Waals surface area contributed by atoms with Crippen molar-refractivity contribution in [2.24, 2.45) is 0 Å². The summed E-state index contributed by atoms with van der Waals surface area (Å²) in [7, 11) is 4.12. The maximum absolute atomic E-state index is 13.7. The molecule has 0 bridgehead atoms. The minimum absolute atomic E-state index is 0.143. The number of benzene rings is 2. The number of rotatable bonds is 8. The van der Waals surface area contributed by atoms with Crippen LogP contribution >= 0.6 is 0 Å². The van der Waals surface area contributed by atoms with E-state index in [9.17, 15) is 9.59 Å². The summed E-state index contributed by atoms with van der Waals surface area (Å²) in [6, 6.07) is 14.9. The second-order valence-electron chi connectivity index (χ2n) is 10.5. The Bertz CT molecular complexity index is 1490. The van der Waals surface area contributed by atoms with Crippen LogP contribution in [0, 0.1) is 13.8 Å². The Balaban J connectivity index is 1.77. The Labute approximate surface area is 219 Å². The van der Waals surface area contributed by atoms with Gasteiger partial charge in [-0.15, -0.1) is 0 Å². The fourth-order valence-electron chi connectivity index (χ4n) is 5.09. The number of fused-ring (bicyclic) bond motifs is 1. The number of aromatic amines is 1. The molecular formula is C31H38N4O2. The summed E-state index contributed by atoms with van der Waals surface area (Å²) in [6.07, 6.45) is 2.85. The average molecular weight is 499 g/mol. The zero-order valence-corrected chi connectivity index (χ0v) is 23.0. The molecule has 2 N–H and O–H groups in total. The zero-order valence-electron chi connectivity index (χ0n) is 23.0. The summed E-state index contributed by atoms with van der Waals surface area (Å²) in [4.78, 5) is 31.3. The van der Waals surface area contributed by atoms with Crippen LogP contribution in [0.4, 0.5) is 0 Å². The zero-order chi connectivity index (χ0) is 26.9. The van der Waals surface area contributed by atoms with Crippen molar-refractivity contribution in [2.45, 2.75) is 60.2 Å². The monoisotopic (exact) mass is 498 g/mol. The van der Waals surface area contributed by atoms with Gasteiger partial charge >= 0.3 is 0 Å². The summed E-state index contributed by atoms with van der Waals surface area (Å²) < 4.78 is 2.23. The van der Waals surface area contributed by atoms with Crippen molar-refractivity contribution in [3.05, 3.63) is 92.5 Å². The molecule has 6 heteroatoms. The van der Waals surface area contributed by atoms with Crippen molar-refractivity contribution in [1.82, 2.24) is 19.8 Å². The molecule has 194 valence electrons. The van der Waals surface area contributed by atoms with Gasteiger partial charge in [-0.25, -0.2) is 0 Å². The molecule has 0 aliphatic heterocycles. The first-order valence-electron chi connectivity index (χ1n) is 13.0. The minimum atomic E-state index is -0.178. The van der Waals surface area contributed by atoms with Gasteiger partial charge in [-0.2, -0.15) is 0 Å². The van der Waals surface area contributed by atoms with E-state index in [1.165, 1.54) is 5.56 Å². The molecule has 2 aromatic heterocycles. The maximum Gasteiger partial charge on any atom is 0.253 e. The Kier molecular flexibility index (Phi) is 7.69. The van der Waals surface area contributed by atoms with E-state index in [1.54, 1.807) is 0 Å². The number of nitrogens with zero attached hydrogens (tertiary/aromatic N) is 2. The lowest BCUT2D eigenvalue weighted by molar-refractivity contribution is 0.0952. The first-order chi connectivity index (χ1) is 17.6. The van der Waals surface area contributed by atoms with Crippen molar-refractivity contribution in [3.8, 4) is 11.1 Å². The van der Waals surface area contributed by atoms with Crippen LogP contribution in [-0.2, 0) is 19.5 Å². The SMILES string of the molecule is CCc1cc(C)[nH]c(=O)c1CNC(=O)c1cc(-c2ccc(CN(C)C)cc2)cc2c1c(C)cn2C(C)C. The molecule has 6 nitrogen and oxygen atoms in total. The Morgan fingerprint density at radius 3 is 2.38 bits per heavy atom. The third-order valence-corrected chi connectivity index (χ3v) is 6.88. The van der Waals surface area contributed by atoms with Gasteiger partial charge < -0.3 is 19.8 Å². The molecule has 4 rings (SSSR count). The van der Waals surface area contributed by atoms with E-state index >= 15 is 0 Å². The Morgan fingerprint density at radius 2 is 1.76 bits per heavy atom. The van der Waals surface area contributed by atoms with E-state index in [0.29, 0.717) is 11.1 Å². The number of hydrogen-bond acceptors (Lipinski definition) is 3. The summed E-state index contributed by atoms with van der Waals surface area (Å²) >= 11 is 0. The highest BCUT2D eigenvalue weighted by Crippen LogP contribution is 2.33. The quantitative estimate of drug-likeness (QED) is 0.325. The number of pyridine rings is 1. The molecule has 2 heterocycles. The highest BCUT2D eigenvalue weighted by Gasteiger charge is 2.19. The van der Waals surface area contributed by atoms with Gasteiger partial charge in [-0.1, -0.05) is 31.2 Å². The average Bonchev–Trinajstić information content (AvgIpc) is 3.19. The van der Waals surface area contributed by atoms with Gasteiger partial charge in [-0.05, 0) is 94.2 Å². The van der Waals surface area contributed by atoms with Crippen molar-refractivity contribution in [3.63, 3.8) is 0 Å². The number of aryl methyl sites for hydroxylation is 3. The summed E-state index contributed by atoms with van der Waals surface area (Å²) in [6.45, 7) is 11.3. The van der Waals surface area contributed by atoms with E-state index in [0.717, 1.165) is 51.8 Å². The van der Waals surface area contributed by atoms with Gasteiger partial charge in [0.15, 0.2) is 0 Å². The Morgan fingerprint density at radius 1 is 1.05 bits per heavy atom. The van der Waals surface area contributed by atoms with Gasteiger partial charge in [0.1, 0.15) is 0 Å². The first kappa shape index (κ1) is 26.4. The van der Waals surface area contributed by atoms with E-state index in [4.69, 9.17) is 0 Å². The number of H-pyrrole nitrogens is 1. The van der Waals surface area contributed by atoms with E-state index in [1.807, 2.05) is 32.9 Å². The lowest BCUT2D eigenvalue weighted by Gasteiger charge is -2.15. The highest BCUT2D eigenvalue weighted by molar-refractivity contribution is 6.09. The van der Waals surface area contributed by atoms with Crippen molar-refractivity contribution >= 4 is 16.8 Å². The standard InChI is InChI=1S/C31H38N4O2/c1-8-23-13-21(5)33-31(37)27(23)16-32-30(36)26-14-25(24-11-9-22(10-12-24)18-34(6)7)15-28-29(26)20(4)17-35(28)19(2)3/h9-15,17,19H,8,16,18H2,1-7H3,(H,32,36)(H,33,37). The van der Waals surface area contributed by atoms with Crippen LogP contribution in [0.25, 0.3) is 22.0 Å². The van der Waals surface area contributed by atoms with Crippen LogP contribution in [-0.4, -0.2) is 34.5 Å². The number of carbonyl (C=O) groups is 1. The molecule has 2 aromatic carbocycles. The smallest absolute Gasteiger partial charge is 0.253 e. The van der Waals surface area contributed by atoms with Gasteiger partial charge in [0.05, 0.1) is 0 Å². The lowest BCUT2D eigenvalue weighted by atomic mass is 9.97. The number of amides is 1. The van der Waals surface area contributed by atoms with E-state index in [2.05, 4.69) is 84.2 Å². The van der Waals surface area contributed by atoms with Crippen LogP contribution < -0.4 is 10.9 Å². The third-order valence-electron chi connectivity index (χ3n) is 6.88. The molecule has 0 saturated heterocycles. The molecular weight excluding hydrogens is 460 g/mol. The molecule has 37 heavy (non-hydrogen) atoms. The largest absolute Gasteiger partial charge is 0.348 e. The number of carbonyl (C=O) groups excluding carboxylic acids is 1. The lowest BCUT2D eigenvalue weighted by Crippen LogP contribution is -2.28. The summed E-state index contributed by atoms with van der Waals surface area (Å²) in [5.74, 6) is -0.178. The van der Waals surface area contributed by atoms with Crippen molar-refractivity contribution in [2.75, 3.05) is 14.1 Å². The predicted octanol–water partition coefficient (Wildman–Crippen LogP) is 5.75. The fourth-order valence-corrected chi connectivity index (χ4v) is 5.09. The molecule has 0 fully saturated rings. The molecule has 0 atom stereocenters. The molecule has 0 spiro atoms. The molecule has 0 saturated carbocycles. The van der Waals surface area contributed by atoms with Crippen LogP contribution in [0.3, 0.4) is 0 Å². The van der Waals surface area contributed by atoms with Crippen LogP contribution in [0.15, 0.2) is 53.5 Å². The maximum atomic E-state index is 13.7. The molecule has 0 unspecified atom stereocenters. The summed E-state index contributed by atoms with van der Waals surface area (Å²) in [5.41, 5.74) is 8.28. The molecule has 1 amide bonds. The highest BCUT2D eigenvalue weighted by atomic mass is 16.1. The second kappa shape index (κ2) is 10.8. The normalized spacial score (nSPS) is 11.6. The topological polar surface area (TPSA) is 70.1 Å². The van der Waals surface area contributed by atoms with Crippen LogP contribution in [0.2, 0.25) is 0 Å². The van der Waals surface area contributed by atoms with Crippen molar-refractivity contribution < 1.29 is 4.79 Å². The minimum Gasteiger partial charge on any atom is -0.348 e. The van der Waals surface area contributed by atoms with E-state index < -0.39 is 0 Å². The Hall–Kier alpha value is -3.64. The first-order valence-corrected chi connectivity index (χ1v) is 13.0. The molecule has 0 radical (unpaired) electrons. The molecule has 0 aliphatic rings. The van der Waals surface area contributed by atoms with Gasteiger partial charge in [-0.3, -0.25) is 9.59 Å². The van der Waals surface area contributed by atoms with Crippen molar-refractivity contribution in [1.29, 1.82) is 0 Å². The number of aromatic nitrogens is 2. The number of hydrogen-bond donors (Lipinski definition) is 2. The van der Waals surface area contributed by atoms with Gasteiger partial charge in [0, 0.05) is 53.1 Å². The molecule has 4 aromatic rings. The van der Waals surface area contributed by atoms with E-state index in [-0.39, 0.29) is 24.1 Å². The predicted molar refractivity (Wildman–Crippen MR) is 152 cm³/mol. The van der Waals surface area contributed by atoms with Gasteiger partial charge in [0.2, 0.25) is 0 Å². The number of nitrogens with one attached hydrogen (secondary N) is 2. The molecule has 0 aliphatic carbocycles. The fraction of sp³-hybridized carbons (Fsp3) is 0.355. The van der Waals surface area contributed by atoms with Crippen LogP contribution in [0.1, 0.15) is 65.1 Å². The van der Waals surface area contributed by atoms with Gasteiger partial charge in [0.25, 0.3) is 11.5 Å². The summed E-state index contributed by atoms with van der Waals surface area (Å²) in [5, 5.41) is 4.00. The second-order valence-corrected chi connectivity index (χ2v) is 10.5. The van der Waals surface area contributed by atoms with Crippen LogP contribution in [0.5, 0.6) is 0 Å².